The van der Waals surface area contributed by atoms with Gasteiger partial charge in [-0.05, 0) is 0 Å². The second kappa shape index (κ2) is 6.53. The van der Waals surface area contributed by atoms with Gasteiger partial charge in [-0.25, -0.2) is 0 Å². The van der Waals surface area contributed by atoms with E-state index in [1.54, 1.807) is 0 Å². The van der Waals surface area contributed by atoms with Gasteiger partial charge in [-0.3, -0.25) is 0 Å². The molecule has 2 atom stereocenters. The molecule has 1 rings (SSSR count). The number of hydrogen-bond acceptors (Lipinski definition) is 3. The van der Waals surface area contributed by atoms with Crippen LogP contribution >= 0.6 is 0 Å². The number of nitrogens with two attached hydrogens (primary N) is 1. The van der Waals surface area contributed by atoms with Crippen LogP contribution in [-0.2, 0) is 6.54 Å². The van der Waals surface area contributed by atoms with Crippen LogP contribution in [0.15, 0.2) is 30.3 Å². The minimum atomic E-state index is -0.876. The molecule has 4 heteroatoms. The molecule has 0 aromatic heterocycles. The monoisotopic (exact) mass is 212 g/mol. The Labute approximate surface area is 89.2 Å². The zero-order chi connectivity index (χ0) is 11.1. The molecule has 1 aromatic carbocycles. The molecule has 0 amide bonds. The van der Waals surface area contributed by atoms with E-state index in [0.29, 0.717) is 6.54 Å². The van der Waals surface area contributed by atoms with Gasteiger partial charge in [-0.1, -0.05) is 30.3 Å². The summed E-state index contributed by atoms with van der Waals surface area (Å²) in [6.45, 7) is 0.216. The third-order valence-corrected chi connectivity index (χ3v) is 2.39. The Kier molecular flexibility index (Phi) is 5.28. The summed E-state index contributed by atoms with van der Waals surface area (Å²) in [6, 6.07) is 9.43. The van der Waals surface area contributed by atoms with E-state index in [9.17, 15) is 5.11 Å². The molecule has 0 heterocycles. The summed E-state index contributed by atoms with van der Waals surface area (Å²) in [5.41, 5.74) is 1.13. The van der Waals surface area contributed by atoms with E-state index >= 15 is 0 Å². The summed E-state index contributed by atoms with van der Waals surface area (Å²) in [7, 11) is 0. The average Bonchev–Trinajstić information content (AvgIpc) is 2.31. The van der Waals surface area contributed by atoms with Crippen LogP contribution in [0, 0.1) is 0 Å². The summed E-state index contributed by atoms with van der Waals surface area (Å²) < 4.78 is 0. The van der Waals surface area contributed by atoms with Crippen molar-refractivity contribution >= 4 is 0 Å². The van der Waals surface area contributed by atoms with E-state index in [-0.39, 0.29) is 19.3 Å². The molecule has 4 nitrogen and oxygen atoms in total. The van der Waals surface area contributed by atoms with Crippen LogP contribution in [0.25, 0.3) is 0 Å². The molecule has 0 radical (unpaired) electrons. The van der Waals surface area contributed by atoms with Gasteiger partial charge < -0.3 is 20.6 Å². The van der Waals surface area contributed by atoms with Crippen molar-refractivity contribution in [3.63, 3.8) is 0 Å². The van der Waals surface area contributed by atoms with E-state index in [1.165, 1.54) is 0 Å². The van der Waals surface area contributed by atoms with E-state index in [4.69, 9.17) is 10.2 Å². The van der Waals surface area contributed by atoms with Crippen molar-refractivity contribution in [1.82, 2.24) is 0 Å². The maximum Gasteiger partial charge on any atom is 0.138 e. The predicted molar refractivity (Wildman–Crippen MR) is 56.0 cm³/mol. The van der Waals surface area contributed by atoms with Crippen molar-refractivity contribution < 1.29 is 20.6 Å². The topological polar surface area (TPSA) is 77.3 Å². The first-order valence-electron chi connectivity index (χ1n) is 5.05. The number of quaternary nitrogens is 1. The molecule has 0 fully saturated rings. The number of aliphatic hydroxyl groups excluding tert-OH is 3. The lowest BCUT2D eigenvalue weighted by molar-refractivity contribution is -0.713. The van der Waals surface area contributed by atoms with Gasteiger partial charge in [0.25, 0.3) is 0 Å². The molecule has 0 aliphatic rings. The Hall–Kier alpha value is -0.940. The number of aliphatic hydroxyl groups is 3. The van der Waals surface area contributed by atoms with Crippen molar-refractivity contribution in [3.8, 4) is 0 Å². The summed E-state index contributed by atoms with van der Waals surface area (Å²) in [6.07, 6.45) is -0.876. The lowest BCUT2D eigenvalue weighted by Gasteiger charge is -2.17. The van der Waals surface area contributed by atoms with Crippen molar-refractivity contribution in [2.45, 2.75) is 18.7 Å². The van der Waals surface area contributed by atoms with Crippen molar-refractivity contribution in [1.29, 1.82) is 0 Å². The van der Waals surface area contributed by atoms with Crippen LogP contribution in [0.2, 0.25) is 0 Å². The SMILES string of the molecule is OC[C@H]([NH2+]Cc1ccccc1)[C@@H](O)CO. The Morgan fingerprint density at radius 3 is 2.27 bits per heavy atom. The van der Waals surface area contributed by atoms with Crippen LogP contribution in [0.3, 0.4) is 0 Å². The number of benzene rings is 1. The Balaban J connectivity index is 2.41. The summed E-state index contributed by atoms with van der Waals surface area (Å²) in [4.78, 5) is 0. The maximum atomic E-state index is 9.35. The highest BCUT2D eigenvalue weighted by Crippen LogP contribution is 1.95. The zero-order valence-electron chi connectivity index (χ0n) is 8.58. The highest BCUT2D eigenvalue weighted by atomic mass is 16.3. The van der Waals surface area contributed by atoms with Gasteiger partial charge in [0.2, 0.25) is 0 Å². The molecule has 0 spiro atoms. The minimum Gasteiger partial charge on any atom is -0.393 e. The average molecular weight is 212 g/mol. The van der Waals surface area contributed by atoms with Crippen LogP contribution in [-0.4, -0.2) is 40.7 Å². The normalized spacial score (nSPS) is 14.9. The van der Waals surface area contributed by atoms with Gasteiger partial charge in [-0.2, -0.15) is 0 Å². The summed E-state index contributed by atoms with van der Waals surface area (Å²) in [5, 5.41) is 28.9. The minimum absolute atomic E-state index is 0.144. The third-order valence-electron chi connectivity index (χ3n) is 2.39. The lowest BCUT2D eigenvalue weighted by Crippen LogP contribution is -2.92. The molecule has 84 valence electrons. The lowest BCUT2D eigenvalue weighted by atomic mass is 10.1. The van der Waals surface area contributed by atoms with Gasteiger partial charge in [0.15, 0.2) is 0 Å². The van der Waals surface area contributed by atoms with Crippen LogP contribution < -0.4 is 5.32 Å². The Morgan fingerprint density at radius 2 is 1.73 bits per heavy atom. The van der Waals surface area contributed by atoms with Gasteiger partial charge in [0, 0.05) is 5.56 Å². The Bertz CT molecular complexity index is 266. The first-order valence-corrected chi connectivity index (χ1v) is 5.05. The van der Waals surface area contributed by atoms with Gasteiger partial charge in [0.05, 0.1) is 13.2 Å². The molecule has 0 aliphatic heterocycles. The molecule has 5 N–H and O–H groups in total. The summed E-state index contributed by atoms with van der Waals surface area (Å²) >= 11 is 0. The standard InChI is InChI=1S/C11H17NO3/c13-7-10(11(15)8-14)12-6-9-4-2-1-3-5-9/h1-5,10-15H,6-8H2/p+1/t10-,11-/m0/s1. The number of rotatable bonds is 6. The van der Waals surface area contributed by atoms with Crippen molar-refractivity contribution in [2.75, 3.05) is 13.2 Å². The van der Waals surface area contributed by atoms with Gasteiger partial charge >= 0.3 is 0 Å². The highest BCUT2D eigenvalue weighted by molar-refractivity contribution is 5.12. The van der Waals surface area contributed by atoms with E-state index < -0.39 is 6.10 Å². The largest absolute Gasteiger partial charge is 0.393 e. The fourth-order valence-electron chi connectivity index (χ4n) is 1.39. The van der Waals surface area contributed by atoms with Crippen molar-refractivity contribution in [3.05, 3.63) is 35.9 Å². The van der Waals surface area contributed by atoms with E-state index in [2.05, 4.69) is 0 Å². The van der Waals surface area contributed by atoms with Crippen LogP contribution in [0.1, 0.15) is 5.56 Å². The predicted octanol–water partition coefficient (Wildman–Crippen LogP) is -1.54. The molecule has 0 aliphatic carbocycles. The van der Waals surface area contributed by atoms with Crippen LogP contribution in [0.5, 0.6) is 0 Å². The summed E-state index contributed by atoms with van der Waals surface area (Å²) in [5.74, 6) is 0. The second-order valence-corrected chi connectivity index (χ2v) is 3.52. The fraction of sp³-hybridized carbons (Fsp3) is 0.455. The fourth-order valence-corrected chi connectivity index (χ4v) is 1.39. The Morgan fingerprint density at radius 1 is 1.07 bits per heavy atom. The first-order chi connectivity index (χ1) is 7.27. The molecule has 0 bridgehead atoms. The molecular weight excluding hydrogens is 194 g/mol. The smallest absolute Gasteiger partial charge is 0.138 e. The number of hydrogen-bond donors (Lipinski definition) is 4. The van der Waals surface area contributed by atoms with Gasteiger partial charge in [0.1, 0.15) is 18.7 Å². The van der Waals surface area contributed by atoms with Crippen molar-refractivity contribution in [2.24, 2.45) is 0 Å². The van der Waals surface area contributed by atoms with E-state index in [1.807, 2.05) is 35.6 Å². The quantitative estimate of drug-likeness (QED) is 0.462. The zero-order valence-corrected chi connectivity index (χ0v) is 8.58. The van der Waals surface area contributed by atoms with E-state index in [0.717, 1.165) is 5.56 Å². The molecule has 15 heavy (non-hydrogen) atoms. The second-order valence-electron chi connectivity index (χ2n) is 3.52. The first kappa shape index (κ1) is 12.1. The molecule has 1 aromatic rings. The van der Waals surface area contributed by atoms with Gasteiger partial charge in [-0.15, -0.1) is 0 Å². The highest BCUT2D eigenvalue weighted by Gasteiger charge is 2.20. The molecular formula is C11H18NO3+. The third kappa shape index (κ3) is 3.97. The molecule has 0 saturated heterocycles. The molecule has 0 unspecified atom stereocenters. The van der Waals surface area contributed by atoms with Crippen LogP contribution in [0.4, 0.5) is 0 Å². The molecule has 0 saturated carbocycles. The maximum absolute atomic E-state index is 9.35.